The number of methoxy groups -OCH3 is 1. The Morgan fingerprint density at radius 1 is 1.43 bits per heavy atom. The zero-order valence-corrected chi connectivity index (χ0v) is 12.5. The highest BCUT2D eigenvalue weighted by atomic mass is 35.5. The van der Waals surface area contributed by atoms with Crippen LogP contribution in [0.1, 0.15) is 10.4 Å². The molecule has 0 spiro atoms. The van der Waals surface area contributed by atoms with E-state index < -0.39 is 0 Å². The van der Waals surface area contributed by atoms with E-state index in [-0.39, 0.29) is 34.7 Å². The molecule has 0 aliphatic carbocycles. The predicted octanol–water partition coefficient (Wildman–Crippen LogP) is 0.976. The van der Waals surface area contributed by atoms with Gasteiger partial charge in [-0.1, -0.05) is 11.6 Å². The average Bonchev–Trinajstić information content (AvgIpc) is 2.47. The molecule has 0 saturated carbocycles. The van der Waals surface area contributed by atoms with Crippen LogP contribution in [0.2, 0.25) is 5.02 Å². The average molecular weight is 313 g/mol. The van der Waals surface area contributed by atoms with Crippen molar-refractivity contribution in [3.63, 3.8) is 0 Å². The third-order valence-electron chi connectivity index (χ3n) is 3.35. The molecule has 0 bridgehead atoms. The van der Waals surface area contributed by atoms with E-state index in [2.05, 4.69) is 0 Å². The van der Waals surface area contributed by atoms with E-state index in [1.807, 2.05) is 0 Å². The summed E-state index contributed by atoms with van der Waals surface area (Å²) in [5.41, 5.74) is 0.204. The van der Waals surface area contributed by atoms with Gasteiger partial charge in [-0.3, -0.25) is 9.59 Å². The minimum absolute atomic E-state index is 0.00846. The number of piperazine rings is 1. The first kappa shape index (κ1) is 15.6. The maximum atomic E-state index is 12.4. The molecule has 2 amide bonds. The number of ether oxygens (including phenoxy) is 1. The predicted molar refractivity (Wildman–Crippen MR) is 77.5 cm³/mol. The van der Waals surface area contributed by atoms with Crippen LogP contribution in [-0.2, 0) is 9.53 Å². The fraction of sp³-hybridized carbons (Fsp3) is 0.429. The molecule has 0 unspecified atom stereocenters. The number of nitrogens with zero attached hydrogens (tertiary/aromatic N) is 2. The van der Waals surface area contributed by atoms with Crippen molar-refractivity contribution in [3.8, 4) is 5.75 Å². The minimum Gasteiger partial charge on any atom is -0.508 e. The van der Waals surface area contributed by atoms with E-state index >= 15 is 0 Å². The quantitative estimate of drug-likeness (QED) is 0.899. The van der Waals surface area contributed by atoms with Gasteiger partial charge < -0.3 is 19.6 Å². The molecule has 2 rings (SSSR count). The van der Waals surface area contributed by atoms with Gasteiger partial charge in [-0.15, -0.1) is 0 Å². The minimum atomic E-state index is -0.351. The lowest BCUT2D eigenvalue weighted by atomic mass is 10.1. The lowest BCUT2D eigenvalue weighted by Crippen LogP contribution is -2.52. The molecule has 1 N–H and O–H groups in total. The summed E-state index contributed by atoms with van der Waals surface area (Å²) in [5.74, 6) is -0.508. The van der Waals surface area contributed by atoms with Crippen molar-refractivity contribution >= 4 is 23.4 Å². The maximum absolute atomic E-state index is 12.4. The topological polar surface area (TPSA) is 70.1 Å². The van der Waals surface area contributed by atoms with Crippen LogP contribution in [0.4, 0.5) is 0 Å². The Hall–Kier alpha value is -1.79. The van der Waals surface area contributed by atoms with Crippen molar-refractivity contribution in [2.45, 2.75) is 0 Å². The monoisotopic (exact) mass is 312 g/mol. The van der Waals surface area contributed by atoms with Gasteiger partial charge in [0.1, 0.15) is 12.3 Å². The zero-order chi connectivity index (χ0) is 15.4. The second kappa shape index (κ2) is 6.78. The van der Waals surface area contributed by atoms with E-state index in [4.69, 9.17) is 16.3 Å². The van der Waals surface area contributed by atoms with Gasteiger partial charge in [0.15, 0.2) is 0 Å². The number of aromatic hydroxyl groups is 1. The highest BCUT2D eigenvalue weighted by Crippen LogP contribution is 2.23. The lowest BCUT2D eigenvalue weighted by molar-refractivity contribution is -0.135. The molecule has 1 aromatic rings. The van der Waals surface area contributed by atoms with Crippen LogP contribution >= 0.6 is 11.6 Å². The van der Waals surface area contributed by atoms with E-state index in [0.717, 1.165) is 0 Å². The fourth-order valence-corrected chi connectivity index (χ4v) is 2.37. The first-order chi connectivity index (χ1) is 10.0. The number of amides is 2. The summed E-state index contributed by atoms with van der Waals surface area (Å²) in [4.78, 5) is 27.5. The second-order valence-corrected chi connectivity index (χ2v) is 5.17. The van der Waals surface area contributed by atoms with E-state index in [0.29, 0.717) is 26.2 Å². The van der Waals surface area contributed by atoms with Crippen molar-refractivity contribution in [2.75, 3.05) is 39.9 Å². The van der Waals surface area contributed by atoms with E-state index in [1.54, 1.807) is 12.0 Å². The Labute approximate surface area is 127 Å². The first-order valence-corrected chi connectivity index (χ1v) is 6.95. The number of phenolic OH excluding ortho intramolecular Hbond substituents is 1. The summed E-state index contributed by atoms with van der Waals surface area (Å²) in [6, 6.07) is 4.18. The summed E-state index contributed by atoms with van der Waals surface area (Å²) in [6.45, 7) is 1.89. The van der Waals surface area contributed by atoms with E-state index in [9.17, 15) is 14.7 Å². The molecule has 6 nitrogen and oxygen atoms in total. The number of carbonyl (C=O) groups is 2. The molecular formula is C14H17ClN2O4. The second-order valence-electron chi connectivity index (χ2n) is 4.76. The van der Waals surface area contributed by atoms with Crippen molar-refractivity contribution in [2.24, 2.45) is 0 Å². The van der Waals surface area contributed by atoms with Crippen LogP contribution in [0.3, 0.4) is 0 Å². The van der Waals surface area contributed by atoms with Crippen LogP contribution in [0.25, 0.3) is 0 Å². The van der Waals surface area contributed by atoms with Gasteiger partial charge in [-0.05, 0) is 18.2 Å². The Morgan fingerprint density at radius 3 is 2.86 bits per heavy atom. The molecule has 0 aromatic heterocycles. The SMILES string of the molecule is COCCN1CCN(C(=O)c2cc(O)ccc2Cl)CC1=O. The van der Waals surface area contributed by atoms with Gasteiger partial charge in [0.25, 0.3) is 5.91 Å². The largest absolute Gasteiger partial charge is 0.508 e. The maximum Gasteiger partial charge on any atom is 0.256 e. The molecule has 114 valence electrons. The number of rotatable bonds is 4. The molecule has 21 heavy (non-hydrogen) atoms. The Kier molecular flexibility index (Phi) is 5.03. The lowest BCUT2D eigenvalue weighted by Gasteiger charge is -2.34. The number of phenols is 1. The van der Waals surface area contributed by atoms with Crippen LogP contribution in [0.5, 0.6) is 5.75 Å². The van der Waals surface area contributed by atoms with Gasteiger partial charge in [0.2, 0.25) is 5.91 Å². The van der Waals surface area contributed by atoms with Crippen LogP contribution in [0, 0.1) is 0 Å². The smallest absolute Gasteiger partial charge is 0.256 e. The molecule has 1 heterocycles. The van der Waals surface area contributed by atoms with Crippen molar-refractivity contribution in [1.82, 2.24) is 9.80 Å². The summed E-state index contributed by atoms with van der Waals surface area (Å²) >= 11 is 5.97. The molecule has 0 radical (unpaired) electrons. The third-order valence-corrected chi connectivity index (χ3v) is 3.68. The molecule has 1 fully saturated rings. The molecule has 1 aliphatic rings. The first-order valence-electron chi connectivity index (χ1n) is 6.57. The Bertz CT molecular complexity index is 550. The highest BCUT2D eigenvalue weighted by Gasteiger charge is 2.28. The van der Waals surface area contributed by atoms with Crippen LogP contribution in [0.15, 0.2) is 18.2 Å². The molecule has 1 aromatic carbocycles. The van der Waals surface area contributed by atoms with Crippen molar-refractivity contribution < 1.29 is 19.4 Å². The van der Waals surface area contributed by atoms with Gasteiger partial charge in [-0.25, -0.2) is 0 Å². The van der Waals surface area contributed by atoms with Gasteiger partial charge in [-0.2, -0.15) is 0 Å². The molecule has 0 atom stereocenters. The summed E-state index contributed by atoms with van der Waals surface area (Å²) in [7, 11) is 1.58. The number of benzene rings is 1. The normalized spacial score (nSPS) is 15.4. The Balaban J connectivity index is 2.05. The van der Waals surface area contributed by atoms with Crippen molar-refractivity contribution in [3.05, 3.63) is 28.8 Å². The number of halogens is 1. The van der Waals surface area contributed by atoms with Gasteiger partial charge >= 0.3 is 0 Å². The molecule has 1 aliphatic heterocycles. The molecule has 1 saturated heterocycles. The number of hydrogen-bond acceptors (Lipinski definition) is 4. The molecular weight excluding hydrogens is 296 g/mol. The highest BCUT2D eigenvalue weighted by molar-refractivity contribution is 6.33. The van der Waals surface area contributed by atoms with Gasteiger partial charge in [0, 0.05) is 26.7 Å². The Morgan fingerprint density at radius 2 is 2.19 bits per heavy atom. The van der Waals surface area contributed by atoms with Gasteiger partial charge in [0.05, 0.1) is 17.2 Å². The third kappa shape index (κ3) is 3.65. The van der Waals surface area contributed by atoms with Crippen LogP contribution < -0.4 is 0 Å². The molecule has 7 heteroatoms. The van der Waals surface area contributed by atoms with Crippen molar-refractivity contribution in [1.29, 1.82) is 0 Å². The van der Waals surface area contributed by atoms with Crippen LogP contribution in [-0.4, -0.2) is 66.6 Å². The standard InChI is InChI=1S/C14H17ClN2O4/c1-21-7-6-16-4-5-17(9-13(16)19)14(20)11-8-10(18)2-3-12(11)15/h2-3,8,18H,4-7,9H2,1H3. The summed E-state index contributed by atoms with van der Waals surface area (Å²) in [6.07, 6.45) is 0. The fourth-order valence-electron chi connectivity index (χ4n) is 2.17. The summed E-state index contributed by atoms with van der Waals surface area (Å²) < 4.78 is 4.95. The summed E-state index contributed by atoms with van der Waals surface area (Å²) in [5, 5.41) is 9.71. The van der Waals surface area contributed by atoms with E-state index in [1.165, 1.54) is 23.1 Å². The number of carbonyl (C=O) groups excluding carboxylic acids is 2. The number of hydrogen-bond donors (Lipinski definition) is 1. The zero-order valence-electron chi connectivity index (χ0n) is 11.7.